The molecule has 3 aliphatic carbocycles. The summed E-state index contributed by atoms with van der Waals surface area (Å²) in [6, 6.07) is 3.36. The Morgan fingerprint density at radius 3 is 3.00 bits per heavy atom. The number of rotatable bonds is 3. The summed E-state index contributed by atoms with van der Waals surface area (Å²) in [6.07, 6.45) is 2.81. The van der Waals surface area contributed by atoms with Crippen LogP contribution in [-0.4, -0.2) is 60.3 Å². The predicted octanol–water partition coefficient (Wildman–Crippen LogP) is 1.97. The third-order valence-electron chi connectivity index (χ3n) is 8.12. The standard InChI is InChI=1S/C22H28NO4/c1-23(12-13-3-4-13)10-9-21-18-14-5-6-16(26-2)19(18)27-20(21)15(24)7-8-22(21,25)17(23)11-14/h5-6,13,17,20,25H,3-4,7-12H2,1-2H3/q+1/t17-,20+,21+,22-,23?/m1/s1/i1D3. The molecule has 0 radical (unpaired) electrons. The summed E-state index contributed by atoms with van der Waals surface area (Å²) >= 11 is 0. The van der Waals surface area contributed by atoms with Gasteiger partial charge in [-0.1, -0.05) is 6.07 Å². The largest absolute Gasteiger partial charge is 0.493 e. The van der Waals surface area contributed by atoms with Gasteiger partial charge in [-0.15, -0.1) is 0 Å². The van der Waals surface area contributed by atoms with E-state index in [-0.39, 0.29) is 16.7 Å². The number of likely N-dealkylation sites (tertiary alicyclic amines) is 1. The molecule has 2 saturated carbocycles. The highest BCUT2D eigenvalue weighted by atomic mass is 16.5. The Bertz CT molecular complexity index is 960. The zero-order valence-electron chi connectivity index (χ0n) is 18.7. The Morgan fingerprint density at radius 2 is 2.26 bits per heavy atom. The SMILES string of the molecule is [2H]C([2H])([2H])[N+]1(CC2CC2)CC[C@]23c4c5ccc(OC)c4O[C@H]2C(=O)CC[C@@]3(O)[C@H]1C5. The molecule has 5 aliphatic rings. The second kappa shape index (κ2) is 4.87. The van der Waals surface area contributed by atoms with Gasteiger partial charge in [-0.25, -0.2) is 0 Å². The van der Waals surface area contributed by atoms with Crippen molar-refractivity contribution in [3.8, 4) is 11.5 Å². The predicted molar refractivity (Wildman–Crippen MR) is 99.0 cm³/mol. The van der Waals surface area contributed by atoms with Gasteiger partial charge in [-0.05, 0) is 30.9 Å². The van der Waals surface area contributed by atoms with E-state index in [9.17, 15) is 9.90 Å². The first-order chi connectivity index (χ1) is 14.2. The molecule has 27 heavy (non-hydrogen) atoms. The molecule has 2 aliphatic heterocycles. The van der Waals surface area contributed by atoms with Gasteiger partial charge in [-0.2, -0.15) is 0 Å². The number of methoxy groups -OCH3 is 1. The molecule has 144 valence electrons. The third-order valence-corrected chi connectivity index (χ3v) is 8.12. The first kappa shape index (κ1) is 13.6. The quantitative estimate of drug-likeness (QED) is 0.823. The minimum absolute atomic E-state index is 0.000560. The Kier molecular flexibility index (Phi) is 2.45. The van der Waals surface area contributed by atoms with Crippen molar-refractivity contribution in [3.63, 3.8) is 0 Å². The van der Waals surface area contributed by atoms with E-state index >= 15 is 0 Å². The number of likely N-dealkylation sites (N-methyl/N-ethyl adjacent to an activating group) is 1. The summed E-state index contributed by atoms with van der Waals surface area (Å²) in [5.41, 5.74) is -0.257. The number of aliphatic hydroxyl groups is 1. The number of benzene rings is 1. The van der Waals surface area contributed by atoms with Crippen LogP contribution in [0.1, 0.15) is 47.3 Å². The summed E-state index contributed by atoms with van der Waals surface area (Å²) in [4.78, 5) is 13.0. The molecule has 1 N–H and O–H groups in total. The fourth-order valence-corrected chi connectivity index (χ4v) is 6.75. The van der Waals surface area contributed by atoms with Crippen LogP contribution in [-0.2, 0) is 16.6 Å². The van der Waals surface area contributed by atoms with E-state index in [1.54, 1.807) is 7.11 Å². The Morgan fingerprint density at radius 1 is 1.41 bits per heavy atom. The molecule has 5 nitrogen and oxygen atoms in total. The highest BCUT2D eigenvalue weighted by Gasteiger charge is 2.76. The number of ether oxygens (including phenoxy) is 2. The van der Waals surface area contributed by atoms with Crippen LogP contribution in [0, 0.1) is 5.92 Å². The number of carbonyl (C=O) groups is 1. The first-order valence-electron chi connectivity index (χ1n) is 11.7. The molecule has 1 spiro atoms. The van der Waals surface area contributed by atoms with E-state index in [1.807, 2.05) is 12.1 Å². The lowest BCUT2D eigenvalue weighted by Gasteiger charge is -2.64. The lowest BCUT2D eigenvalue weighted by Crippen LogP contribution is -2.80. The maximum atomic E-state index is 13.0. The first-order valence-corrected chi connectivity index (χ1v) is 10.2. The van der Waals surface area contributed by atoms with E-state index in [1.165, 1.54) is 0 Å². The van der Waals surface area contributed by atoms with E-state index < -0.39 is 30.1 Å². The smallest absolute Gasteiger partial charge is 0.174 e. The second-order valence-corrected chi connectivity index (χ2v) is 9.34. The number of hydrogen-bond acceptors (Lipinski definition) is 4. The summed E-state index contributed by atoms with van der Waals surface area (Å²) in [5, 5.41) is 12.4. The van der Waals surface area contributed by atoms with Crippen LogP contribution in [0.5, 0.6) is 11.5 Å². The second-order valence-electron chi connectivity index (χ2n) is 9.34. The monoisotopic (exact) mass is 373 g/mol. The summed E-state index contributed by atoms with van der Waals surface area (Å²) in [6.45, 7) is -1.20. The van der Waals surface area contributed by atoms with Gasteiger partial charge < -0.3 is 19.1 Å². The minimum atomic E-state index is -2.21. The average Bonchev–Trinajstić information content (AvgIpc) is 3.42. The number of carbonyl (C=O) groups excluding carboxylic acids is 1. The molecule has 2 heterocycles. The maximum Gasteiger partial charge on any atom is 0.174 e. The molecule has 1 aromatic rings. The van der Waals surface area contributed by atoms with Gasteiger partial charge in [0.05, 0.1) is 36.7 Å². The number of nitrogens with zero attached hydrogens (tertiary/aromatic N) is 1. The lowest BCUT2D eigenvalue weighted by atomic mass is 9.48. The van der Waals surface area contributed by atoms with Gasteiger partial charge in [0.1, 0.15) is 11.6 Å². The molecule has 5 atom stereocenters. The highest BCUT2D eigenvalue weighted by molar-refractivity contribution is 5.90. The number of ketones is 1. The number of Topliss-reactive ketones (excluding diaryl/α,β-unsaturated/α-hetero) is 1. The molecule has 1 aromatic carbocycles. The van der Waals surface area contributed by atoms with E-state index in [4.69, 9.17) is 13.6 Å². The van der Waals surface area contributed by atoms with E-state index in [0.717, 1.165) is 24.0 Å². The molecule has 1 saturated heterocycles. The minimum Gasteiger partial charge on any atom is -0.493 e. The van der Waals surface area contributed by atoms with Crippen LogP contribution in [0.25, 0.3) is 0 Å². The van der Waals surface area contributed by atoms with Crippen molar-refractivity contribution in [3.05, 3.63) is 23.3 Å². The molecule has 5 heteroatoms. The molecule has 2 bridgehead atoms. The van der Waals surface area contributed by atoms with Crippen molar-refractivity contribution in [2.24, 2.45) is 5.92 Å². The number of quaternary nitrogens is 1. The summed E-state index contributed by atoms with van der Waals surface area (Å²) in [7, 11) is 1.58. The molecular weight excluding hydrogens is 342 g/mol. The van der Waals surface area contributed by atoms with Crippen LogP contribution >= 0.6 is 0 Å². The summed E-state index contributed by atoms with van der Waals surface area (Å²) in [5.74, 6) is 1.56. The van der Waals surface area contributed by atoms with Crippen LogP contribution < -0.4 is 9.47 Å². The fourth-order valence-electron chi connectivity index (χ4n) is 6.75. The van der Waals surface area contributed by atoms with Crippen molar-refractivity contribution >= 4 is 5.78 Å². The van der Waals surface area contributed by atoms with E-state index in [2.05, 4.69) is 0 Å². The zero-order valence-corrected chi connectivity index (χ0v) is 15.7. The van der Waals surface area contributed by atoms with Crippen molar-refractivity contribution in [1.29, 1.82) is 0 Å². The topological polar surface area (TPSA) is 55.8 Å². The van der Waals surface area contributed by atoms with Gasteiger partial charge in [0, 0.05) is 30.7 Å². The van der Waals surface area contributed by atoms with Crippen molar-refractivity contribution in [1.82, 2.24) is 0 Å². The molecule has 0 amide bonds. The Balaban J connectivity index is 1.62. The van der Waals surface area contributed by atoms with Crippen molar-refractivity contribution in [2.75, 3.05) is 27.2 Å². The molecule has 6 rings (SSSR count). The molecule has 3 fully saturated rings. The maximum absolute atomic E-state index is 13.0. The lowest BCUT2D eigenvalue weighted by molar-refractivity contribution is -0.950. The average molecular weight is 373 g/mol. The highest BCUT2D eigenvalue weighted by Crippen LogP contribution is 2.66. The number of piperidine rings is 1. The Labute approximate surface area is 164 Å². The molecule has 1 unspecified atom stereocenters. The molecule has 0 aromatic heterocycles. The van der Waals surface area contributed by atoms with Crippen LogP contribution in [0.3, 0.4) is 0 Å². The zero-order chi connectivity index (χ0) is 21.1. The van der Waals surface area contributed by atoms with Crippen molar-refractivity contribution in [2.45, 2.75) is 61.7 Å². The summed E-state index contributed by atoms with van der Waals surface area (Å²) < 4.78 is 37.3. The van der Waals surface area contributed by atoms with Gasteiger partial charge in [0.15, 0.2) is 23.4 Å². The third kappa shape index (κ3) is 1.76. The van der Waals surface area contributed by atoms with Crippen LogP contribution in [0.2, 0.25) is 0 Å². The Hall–Kier alpha value is -1.59. The van der Waals surface area contributed by atoms with Crippen LogP contribution in [0.15, 0.2) is 12.1 Å². The fraction of sp³-hybridized carbons (Fsp3) is 0.682. The van der Waals surface area contributed by atoms with Gasteiger partial charge in [0.25, 0.3) is 0 Å². The van der Waals surface area contributed by atoms with Crippen molar-refractivity contribution < 1.29 is 28.0 Å². The van der Waals surface area contributed by atoms with E-state index in [0.29, 0.717) is 49.8 Å². The molecular formula is C22H28NO4+. The van der Waals surface area contributed by atoms with Crippen LogP contribution in [0.4, 0.5) is 0 Å². The normalized spacial score (nSPS) is 46.0. The van der Waals surface area contributed by atoms with Gasteiger partial charge in [0.2, 0.25) is 0 Å². The van der Waals surface area contributed by atoms with Gasteiger partial charge in [-0.3, -0.25) is 4.79 Å². The number of hydrogen-bond donors (Lipinski definition) is 1. The van der Waals surface area contributed by atoms with Gasteiger partial charge >= 0.3 is 0 Å².